The number of nitrogens with two attached hydrogens (primary N) is 1. The van der Waals surface area contributed by atoms with Crippen molar-refractivity contribution < 1.29 is 11.0 Å². The quantitative estimate of drug-likeness (QED) is 0.549. The second kappa shape index (κ2) is 4.20. The molecule has 0 aliphatic carbocycles. The third kappa shape index (κ3) is 2.43. The fourth-order valence-electron chi connectivity index (χ4n) is 0.964. The molecule has 0 saturated heterocycles. The van der Waals surface area contributed by atoms with Crippen molar-refractivity contribution >= 4 is 23.5 Å². The number of isocyanates is 1. The summed E-state index contributed by atoms with van der Waals surface area (Å²) in [5.74, 6) is 0. The Kier molecular flexibility index (Phi) is 2.54. The van der Waals surface area contributed by atoms with Crippen LogP contribution in [0.3, 0.4) is 0 Å². The van der Waals surface area contributed by atoms with Crippen LogP contribution < -0.4 is 11.0 Å². The highest BCUT2D eigenvalue weighted by Crippen LogP contribution is 2.22. The summed E-state index contributed by atoms with van der Waals surface area (Å²) in [5.41, 5.74) is 6.29. The topological polar surface area (TPSA) is 84.5 Å². The number of benzene rings is 1. The average molecular weight is 192 g/mol. The van der Waals surface area contributed by atoms with Gasteiger partial charge in [-0.25, -0.2) is 9.59 Å². The molecule has 3 N–H and O–H groups in total. The van der Waals surface area contributed by atoms with Crippen molar-refractivity contribution in [3.05, 3.63) is 23.8 Å². The van der Waals surface area contributed by atoms with Crippen molar-refractivity contribution in [3.63, 3.8) is 0 Å². The summed E-state index contributed by atoms with van der Waals surface area (Å²) < 4.78 is 7.29. The number of rotatable bonds is 2. The van der Waals surface area contributed by atoms with Crippen LogP contribution in [0.25, 0.3) is 0 Å². The molecule has 0 aliphatic rings. The predicted octanol–water partition coefficient (Wildman–Crippen LogP) is 1.45. The molecule has 0 fully saturated rings. The number of hydrogen-bond acceptors (Lipinski definition) is 3. The Morgan fingerprint density at radius 3 is 3.00 bits per heavy atom. The van der Waals surface area contributed by atoms with Gasteiger partial charge in [-0.3, -0.25) is 0 Å². The van der Waals surface area contributed by atoms with E-state index in [1.165, 1.54) is 18.2 Å². The number of carbonyl (C=O) groups is 1. The van der Waals surface area contributed by atoms with Gasteiger partial charge in [-0.05, 0) is 24.6 Å². The molecule has 72 valence electrons. The van der Waals surface area contributed by atoms with E-state index in [0.29, 0.717) is 11.0 Å². The predicted molar refractivity (Wildman–Crippen MR) is 52.2 cm³/mol. The molecule has 0 atom stereocenters. The van der Waals surface area contributed by atoms with E-state index in [9.17, 15) is 9.59 Å². The van der Waals surface area contributed by atoms with Crippen molar-refractivity contribution in [1.29, 1.82) is 0 Å². The molecule has 0 aliphatic heterocycles. The lowest BCUT2D eigenvalue weighted by atomic mass is 10.2. The molecule has 5 nitrogen and oxygen atoms in total. The number of primary amides is 1. The van der Waals surface area contributed by atoms with Crippen molar-refractivity contribution in [2.45, 2.75) is 6.92 Å². The number of hydrogen-bond donors (Lipinski definition) is 2. The SMILES string of the molecule is [2H]N(C(N)=O)c1ccc(C)c(N=C=O)c1. The van der Waals surface area contributed by atoms with E-state index in [1.807, 2.05) is 0 Å². The molecule has 2 amide bonds. The summed E-state index contributed by atoms with van der Waals surface area (Å²) in [4.78, 5) is 24.2. The fraction of sp³-hybridized carbons (Fsp3) is 0.111. The Bertz CT molecular complexity index is 441. The van der Waals surface area contributed by atoms with E-state index in [2.05, 4.69) is 4.99 Å². The lowest BCUT2D eigenvalue weighted by Gasteiger charge is -2.03. The number of urea groups is 1. The Morgan fingerprint density at radius 2 is 2.43 bits per heavy atom. The molecule has 0 unspecified atom stereocenters. The number of amides is 2. The third-order valence-electron chi connectivity index (χ3n) is 1.60. The standard InChI is InChI=1S/C9H9N3O2/c1-6-2-3-7(12-9(10)14)4-8(6)11-5-13/h2-4H,1H3,(H3,10,12,14)/i/hD. The van der Waals surface area contributed by atoms with Crippen LogP contribution in [0.1, 0.15) is 5.56 Å². The Hall–Kier alpha value is -2.13. The van der Waals surface area contributed by atoms with Gasteiger partial charge < -0.3 is 11.0 Å². The summed E-state index contributed by atoms with van der Waals surface area (Å²) in [6, 6.07) is 3.69. The molecule has 0 saturated carbocycles. The second-order valence-electron chi connectivity index (χ2n) is 2.62. The molecule has 0 aromatic heterocycles. The highest BCUT2D eigenvalue weighted by Gasteiger charge is 2.00. The Morgan fingerprint density at radius 1 is 1.71 bits per heavy atom. The maximum Gasteiger partial charge on any atom is 0.316 e. The summed E-state index contributed by atoms with van der Waals surface area (Å²) in [7, 11) is 0. The summed E-state index contributed by atoms with van der Waals surface area (Å²) >= 11 is 0. The molecule has 1 aromatic rings. The Balaban J connectivity index is 3.18. The van der Waals surface area contributed by atoms with Gasteiger partial charge in [-0.2, -0.15) is 4.99 Å². The number of aryl methyl sites for hydroxylation is 1. The van der Waals surface area contributed by atoms with Gasteiger partial charge in [0.15, 0.2) is 1.41 Å². The minimum Gasteiger partial charge on any atom is -0.351 e. The van der Waals surface area contributed by atoms with E-state index in [4.69, 9.17) is 7.15 Å². The molecule has 0 spiro atoms. The minimum absolute atomic E-state index is 0.252. The van der Waals surface area contributed by atoms with Crippen molar-refractivity contribution in [1.82, 2.24) is 0 Å². The zero-order chi connectivity index (χ0) is 11.4. The molecule has 0 bridgehead atoms. The van der Waals surface area contributed by atoms with Gasteiger partial charge >= 0.3 is 6.03 Å². The van der Waals surface area contributed by atoms with E-state index in [-0.39, 0.29) is 5.69 Å². The first kappa shape index (κ1) is 8.47. The number of nitrogens with zero attached hydrogens (tertiary/aromatic N) is 1. The molecular formula is C9H9N3O2. The van der Waals surface area contributed by atoms with Crippen LogP contribution in [0.15, 0.2) is 23.2 Å². The van der Waals surface area contributed by atoms with E-state index >= 15 is 0 Å². The molecule has 14 heavy (non-hydrogen) atoms. The van der Waals surface area contributed by atoms with E-state index in [0.717, 1.165) is 5.56 Å². The first-order chi connectivity index (χ1) is 7.06. The lowest BCUT2D eigenvalue weighted by Crippen LogP contribution is -2.19. The van der Waals surface area contributed by atoms with Gasteiger partial charge in [0.25, 0.3) is 0 Å². The van der Waals surface area contributed by atoms with Gasteiger partial charge in [0.05, 0.1) is 5.69 Å². The summed E-state index contributed by atoms with van der Waals surface area (Å²) in [6.45, 7) is 1.75. The highest BCUT2D eigenvalue weighted by molar-refractivity contribution is 5.88. The number of nitrogens with one attached hydrogen (secondary N) is 1. The minimum atomic E-state index is -0.903. The third-order valence-corrected chi connectivity index (χ3v) is 1.60. The first-order valence-electron chi connectivity index (χ1n) is 4.28. The smallest absolute Gasteiger partial charge is 0.316 e. The van der Waals surface area contributed by atoms with Crippen molar-refractivity contribution in [2.75, 3.05) is 5.31 Å². The zero-order valence-electron chi connectivity index (χ0n) is 8.52. The average Bonchev–Trinajstić information content (AvgIpc) is 2.20. The van der Waals surface area contributed by atoms with Gasteiger partial charge in [0.1, 0.15) is 0 Å². The van der Waals surface area contributed by atoms with Crippen LogP contribution in [0.5, 0.6) is 0 Å². The van der Waals surface area contributed by atoms with Crippen LogP contribution in [0.2, 0.25) is 1.41 Å². The monoisotopic (exact) mass is 192 g/mol. The first-order valence-corrected chi connectivity index (χ1v) is 3.83. The molecule has 0 radical (unpaired) electrons. The van der Waals surface area contributed by atoms with Crippen LogP contribution in [0.4, 0.5) is 16.2 Å². The summed E-state index contributed by atoms with van der Waals surface area (Å²) in [5, 5.41) is 0.517. The number of carbonyl (C=O) groups excluding carboxylic acids is 2. The molecule has 0 heterocycles. The Labute approximate surface area is 82.1 Å². The van der Waals surface area contributed by atoms with E-state index < -0.39 is 6.03 Å². The molecular weight excluding hydrogens is 182 g/mol. The van der Waals surface area contributed by atoms with Gasteiger partial charge in [-0.1, -0.05) is 6.07 Å². The largest absolute Gasteiger partial charge is 0.351 e. The van der Waals surface area contributed by atoms with Crippen LogP contribution in [0, 0.1) is 6.92 Å². The van der Waals surface area contributed by atoms with Gasteiger partial charge in [-0.15, -0.1) is 0 Å². The zero-order valence-corrected chi connectivity index (χ0v) is 7.52. The molecule has 5 heteroatoms. The van der Waals surface area contributed by atoms with Gasteiger partial charge in [0.2, 0.25) is 6.08 Å². The second-order valence-corrected chi connectivity index (χ2v) is 2.62. The van der Waals surface area contributed by atoms with Gasteiger partial charge in [0, 0.05) is 5.69 Å². The van der Waals surface area contributed by atoms with E-state index in [1.54, 1.807) is 13.0 Å². The maximum absolute atomic E-state index is 10.7. The maximum atomic E-state index is 10.7. The molecule has 1 aromatic carbocycles. The van der Waals surface area contributed by atoms with Crippen molar-refractivity contribution in [3.8, 4) is 0 Å². The molecule has 1 rings (SSSR count). The van der Waals surface area contributed by atoms with Crippen LogP contribution in [-0.2, 0) is 4.79 Å². The fourth-order valence-corrected chi connectivity index (χ4v) is 0.964. The van der Waals surface area contributed by atoms with Crippen LogP contribution in [-0.4, -0.2) is 12.1 Å². The van der Waals surface area contributed by atoms with Crippen LogP contribution >= 0.6 is 0 Å². The number of anilines is 1. The van der Waals surface area contributed by atoms with Crippen molar-refractivity contribution in [2.24, 2.45) is 10.7 Å². The highest BCUT2D eigenvalue weighted by atomic mass is 16.2. The lowest BCUT2D eigenvalue weighted by molar-refractivity contribution is 0.259. The number of aliphatic imine (C=N–C) groups is 1. The summed E-state index contributed by atoms with van der Waals surface area (Å²) in [6.07, 6.45) is 1.40. The normalized spacial score (nSPS) is 9.93.